The number of likely N-dealkylation sites (N-methyl/N-ethyl adjacent to an activating group) is 1. The van der Waals surface area contributed by atoms with E-state index in [9.17, 15) is 14.4 Å². The van der Waals surface area contributed by atoms with Crippen LogP contribution in [0.3, 0.4) is 0 Å². The number of hydrogen-bond donors (Lipinski definition) is 2. The number of nitrogens with one attached hydrogen (secondary N) is 2. The van der Waals surface area contributed by atoms with Crippen molar-refractivity contribution in [2.75, 3.05) is 25.5 Å². The molecule has 4 rings (SSSR count). The first-order valence-corrected chi connectivity index (χ1v) is 11.8. The summed E-state index contributed by atoms with van der Waals surface area (Å²) in [6.07, 6.45) is 2.10. The van der Waals surface area contributed by atoms with Crippen LogP contribution in [0.25, 0.3) is 0 Å². The Bertz CT molecular complexity index is 1040. The first kappa shape index (κ1) is 23.8. The van der Waals surface area contributed by atoms with E-state index in [1.54, 1.807) is 54.4 Å². The predicted octanol–water partition coefficient (Wildman–Crippen LogP) is 3.24. The number of hydrogen-bond acceptors (Lipinski definition) is 5. The van der Waals surface area contributed by atoms with Crippen LogP contribution in [-0.2, 0) is 9.53 Å². The van der Waals surface area contributed by atoms with Gasteiger partial charge in [-0.05, 0) is 49.6 Å². The fourth-order valence-electron chi connectivity index (χ4n) is 4.44. The monoisotopic (exact) mass is 465 g/mol. The number of anilines is 1. The van der Waals surface area contributed by atoms with Gasteiger partial charge in [-0.2, -0.15) is 0 Å². The number of ether oxygens (including phenoxy) is 2. The molecule has 1 fully saturated rings. The second-order valence-corrected chi connectivity index (χ2v) is 8.75. The van der Waals surface area contributed by atoms with E-state index in [1.165, 1.54) is 0 Å². The van der Waals surface area contributed by atoms with Crippen LogP contribution in [0.1, 0.15) is 53.3 Å². The average Bonchev–Trinajstić information content (AvgIpc) is 2.85. The molecule has 0 aromatic heterocycles. The van der Waals surface area contributed by atoms with Crippen molar-refractivity contribution in [1.82, 2.24) is 10.2 Å². The largest absolute Gasteiger partial charge is 0.490 e. The average molecular weight is 466 g/mol. The highest BCUT2D eigenvalue weighted by Crippen LogP contribution is 2.32. The summed E-state index contributed by atoms with van der Waals surface area (Å²) in [5, 5.41) is 5.73. The third-order valence-electron chi connectivity index (χ3n) is 6.29. The standard InChI is InChI=1S/C26H31N3O5/c1-3-13-27-24(30)15-19-10-11-21-23(34-19)16-33-22-12-9-18(14-20(22)26(32)29(21)2)28-25(31)17-7-5-4-6-8-17/h4-9,12,14,19,21,23H,3,10-11,13,15-16H2,1-2H3,(H,27,30)(H,28,31)/t19-,21-,23-/m0/s1. The zero-order chi connectivity index (χ0) is 24.1. The molecule has 2 aromatic carbocycles. The molecule has 8 nitrogen and oxygen atoms in total. The molecule has 0 saturated carbocycles. The Kier molecular flexibility index (Phi) is 7.47. The summed E-state index contributed by atoms with van der Waals surface area (Å²) >= 11 is 0. The molecule has 180 valence electrons. The van der Waals surface area contributed by atoms with Gasteiger partial charge in [-0.15, -0.1) is 0 Å². The van der Waals surface area contributed by atoms with E-state index in [1.807, 2.05) is 13.0 Å². The highest BCUT2D eigenvalue weighted by Gasteiger charge is 2.39. The molecule has 3 amide bonds. The van der Waals surface area contributed by atoms with Crippen molar-refractivity contribution in [3.63, 3.8) is 0 Å². The summed E-state index contributed by atoms with van der Waals surface area (Å²) in [5.41, 5.74) is 1.45. The zero-order valence-electron chi connectivity index (χ0n) is 19.6. The molecular weight excluding hydrogens is 434 g/mol. The maximum Gasteiger partial charge on any atom is 0.257 e. The second-order valence-electron chi connectivity index (χ2n) is 8.75. The van der Waals surface area contributed by atoms with E-state index in [4.69, 9.17) is 9.47 Å². The van der Waals surface area contributed by atoms with Gasteiger partial charge in [-0.1, -0.05) is 25.1 Å². The minimum absolute atomic E-state index is 0.0167. The molecule has 2 N–H and O–H groups in total. The van der Waals surface area contributed by atoms with Crippen LogP contribution in [0.5, 0.6) is 5.75 Å². The minimum Gasteiger partial charge on any atom is -0.490 e. The number of nitrogens with zero attached hydrogens (tertiary/aromatic N) is 1. The third kappa shape index (κ3) is 5.39. The Hall–Kier alpha value is -3.39. The van der Waals surface area contributed by atoms with E-state index in [2.05, 4.69) is 10.6 Å². The molecule has 1 saturated heterocycles. The Labute approximate surface area is 199 Å². The van der Waals surface area contributed by atoms with Crippen LogP contribution < -0.4 is 15.4 Å². The fraction of sp³-hybridized carbons (Fsp3) is 0.423. The van der Waals surface area contributed by atoms with Crippen molar-refractivity contribution < 1.29 is 23.9 Å². The van der Waals surface area contributed by atoms with E-state index < -0.39 is 0 Å². The molecular formula is C26H31N3O5. The van der Waals surface area contributed by atoms with Gasteiger partial charge in [0.25, 0.3) is 11.8 Å². The van der Waals surface area contributed by atoms with Crippen LogP contribution in [0.15, 0.2) is 48.5 Å². The lowest BCUT2D eigenvalue weighted by atomic mass is 9.94. The number of amides is 3. The van der Waals surface area contributed by atoms with Crippen molar-refractivity contribution >= 4 is 23.4 Å². The number of carbonyl (C=O) groups is 3. The minimum atomic E-state index is -0.322. The van der Waals surface area contributed by atoms with Crippen molar-refractivity contribution in [2.24, 2.45) is 0 Å². The molecule has 34 heavy (non-hydrogen) atoms. The Morgan fingerprint density at radius 3 is 2.68 bits per heavy atom. The molecule has 0 spiro atoms. The van der Waals surface area contributed by atoms with Crippen molar-refractivity contribution in [1.29, 1.82) is 0 Å². The number of fused-ring (bicyclic) bond motifs is 2. The second kappa shape index (κ2) is 10.7. The molecule has 8 heteroatoms. The van der Waals surface area contributed by atoms with E-state index in [0.29, 0.717) is 42.0 Å². The first-order chi connectivity index (χ1) is 16.5. The van der Waals surface area contributed by atoms with Crippen molar-refractivity contribution in [3.05, 3.63) is 59.7 Å². The van der Waals surface area contributed by atoms with Gasteiger partial charge in [-0.25, -0.2) is 0 Å². The van der Waals surface area contributed by atoms with Gasteiger partial charge in [0, 0.05) is 24.8 Å². The fourth-order valence-corrected chi connectivity index (χ4v) is 4.44. The van der Waals surface area contributed by atoms with Gasteiger partial charge in [-0.3, -0.25) is 14.4 Å². The summed E-state index contributed by atoms with van der Waals surface area (Å²) in [5.74, 6) is -0.0116. The molecule has 2 aliphatic heterocycles. The van der Waals surface area contributed by atoms with Gasteiger partial charge >= 0.3 is 0 Å². The maximum atomic E-state index is 13.3. The van der Waals surface area contributed by atoms with Gasteiger partial charge in [0.15, 0.2) is 0 Å². The van der Waals surface area contributed by atoms with Gasteiger partial charge < -0.3 is 25.0 Å². The summed E-state index contributed by atoms with van der Waals surface area (Å²) in [6, 6.07) is 13.8. The quantitative estimate of drug-likeness (QED) is 0.683. The first-order valence-electron chi connectivity index (χ1n) is 11.8. The summed E-state index contributed by atoms with van der Waals surface area (Å²) < 4.78 is 12.2. The lowest BCUT2D eigenvalue weighted by molar-refractivity contribution is -0.134. The smallest absolute Gasteiger partial charge is 0.257 e. The lowest BCUT2D eigenvalue weighted by Crippen LogP contribution is -2.54. The van der Waals surface area contributed by atoms with Crippen LogP contribution in [0.2, 0.25) is 0 Å². The number of benzene rings is 2. The Balaban J connectivity index is 1.46. The molecule has 3 atom stereocenters. The Morgan fingerprint density at radius 2 is 1.91 bits per heavy atom. The SMILES string of the molecule is CCCNC(=O)C[C@@H]1CC[C@H]2[C@H](COc3ccc(NC(=O)c4ccccc4)cc3C(=O)N2C)O1. The van der Waals surface area contributed by atoms with Crippen LogP contribution in [0.4, 0.5) is 5.69 Å². The van der Waals surface area contributed by atoms with Crippen molar-refractivity contribution in [2.45, 2.75) is 50.9 Å². The topological polar surface area (TPSA) is 97.0 Å². The third-order valence-corrected chi connectivity index (χ3v) is 6.29. The van der Waals surface area contributed by atoms with Crippen molar-refractivity contribution in [3.8, 4) is 5.75 Å². The molecule has 2 aliphatic rings. The van der Waals surface area contributed by atoms with E-state index in [-0.39, 0.29) is 42.6 Å². The summed E-state index contributed by atoms with van der Waals surface area (Å²) in [4.78, 5) is 39.7. The van der Waals surface area contributed by atoms with Gasteiger partial charge in [0.2, 0.25) is 5.91 Å². The number of rotatable bonds is 6. The normalized spacial score (nSPS) is 21.9. The van der Waals surface area contributed by atoms with Crippen LogP contribution in [0, 0.1) is 0 Å². The highest BCUT2D eigenvalue weighted by molar-refractivity contribution is 6.05. The molecule has 0 bridgehead atoms. The van der Waals surface area contributed by atoms with Gasteiger partial charge in [0.05, 0.1) is 24.1 Å². The molecule has 2 aromatic rings. The zero-order valence-corrected chi connectivity index (χ0v) is 19.6. The van der Waals surface area contributed by atoms with Gasteiger partial charge in [0.1, 0.15) is 18.5 Å². The predicted molar refractivity (Wildman–Crippen MR) is 128 cm³/mol. The molecule has 0 unspecified atom stereocenters. The lowest BCUT2D eigenvalue weighted by Gasteiger charge is -2.42. The maximum absolute atomic E-state index is 13.3. The molecule has 0 radical (unpaired) electrons. The summed E-state index contributed by atoms with van der Waals surface area (Å²) in [6.45, 7) is 2.94. The van der Waals surface area contributed by atoms with Crippen LogP contribution in [-0.4, -0.2) is 61.1 Å². The Morgan fingerprint density at radius 1 is 1.12 bits per heavy atom. The summed E-state index contributed by atoms with van der Waals surface area (Å²) in [7, 11) is 1.77. The van der Waals surface area contributed by atoms with E-state index >= 15 is 0 Å². The van der Waals surface area contributed by atoms with Crippen LogP contribution >= 0.6 is 0 Å². The molecule has 0 aliphatic carbocycles. The van der Waals surface area contributed by atoms with E-state index in [0.717, 1.165) is 12.8 Å². The molecule has 2 heterocycles. The number of carbonyl (C=O) groups excluding carboxylic acids is 3. The highest BCUT2D eigenvalue weighted by atomic mass is 16.5.